The summed E-state index contributed by atoms with van der Waals surface area (Å²) in [4.78, 5) is 22.6. The van der Waals surface area contributed by atoms with E-state index in [1.165, 1.54) is 153 Å². The quantitative estimate of drug-likeness (QED) is 0.0389. The lowest BCUT2D eigenvalue weighted by Crippen LogP contribution is -2.41. The van der Waals surface area contributed by atoms with Gasteiger partial charge in [0.15, 0.2) is 0 Å². The minimum absolute atomic E-state index is 0.0658. The molecule has 2 atom stereocenters. The monoisotopic (exact) mass is 815 g/mol. The molecule has 0 aromatic heterocycles. The first-order valence-electron chi connectivity index (χ1n) is 21.6. The number of rotatable bonds is 40. The molecule has 0 heterocycles. The van der Waals surface area contributed by atoms with Gasteiger partial charge in [-0.1, -0.05) is 207 Å². The van der Waals surface area contributed by atoms with Crippen molar-refractivity contribution in [3.63, 3.8) is 0 Å². The number of carbonyl (C=O) groups is 1. The Balaban J connectivity index is 2.06. The fourth-order valence-electron chi connectivity index (χ4n) is 6.63. The van der Waals surface area contributed by atoms with E-state index in [0.717, 1.165) is 32.1 Å². The maximum atomic E-state index is 12.7. The van der Waals surface area contributed by atoms with Crippen LogP contribution in [0.2, 0.25) is 0 Å². The predicted molar refractivity (Wildman–Crippen MR) is 223 cm³/mol. The third-order valence-corrected chi connectivity index (χ3v) is 11.1. The fourth-order valence-corrected chi connectivity index (χ4v) is 7.81. The standard InChI is InChI=1S/C43H79BrNO6P/c1-2-3-4-5-6-7-8-11-15-18-21-24-30-35-43(46)45-42(40-51-52(47,48)50-38-36-44)39-49-37-31-25-22-19-16-13-10-9-12-14-17-20-23-27-32-41-33-28-26-29-34-41/h26,28-29,33-34,42H,2-25,27,30-32,35-40H2,1H3,(H,45,46)(H,47,48)/t42-/m1/s1. The van der Waals surface area contributed by atoms with Crippen LogP contribution in [0.3, 0.4) is 0 Å². The molecule has 0 fully saturated rings. The number of phosphoric ester groups is 1. The van der Waals surface area contributed by atoms with E-state index in [1.54, 1.807) is 0 Å². The van der Waals surface area contributed by atoms with Crippen molar-refractivity contribution in [2.45, 2.75) is 199 Å². The first kappa shape index (κ1) is 49.3. The number of alkyl halides is 1. The van der Waals surface area contributed by atoms with E-state index >= 15 is 0 Å². The smallest absolute Gasteiger partial charge is 0.379 e. The summed E-state index contributed by atoms with van der Waals surface area (Å²) in [5, 5.41) is 3.39. The van der Waals surface area contributed by atoms with Gasteiger partial charge in [-0.2, -0.15) is 0 Å². The highest BCUT2D eigenvalue weighted by Crippen LogP contribution is 2.43. The zero-order valence-electron chi connectivity index (χ0n) is 33.3. The zero-order chi connectivity index (χ0) is 37.6. The van der Waals surface area contributed by atoms with Gasteiger partial charge in [-0.3, -0.25) is 13.8 Å². The summed E-state index contributed by atoms with van der Waals surface area (Å²) >= 11 is 3.18. The van der Waals surface area contributed by atoms with E-state index < -0.39 is 13.9 Å². The first-order chi connectivity index (χ1) is 25.5. The van der Waals surface area contributed by atoms with Crippen LogP contribution in [-0.2, 0) is 29.6 Å². The second kappa shape index (κ2) is 37.2. The van der Waals surface area contributed by atoms with Crippen LogP contribution in [0.15, 0.2) is 30.3 Å². The number of halogens is 1. The molecule has 304 valence electrons. The van der Waals surface area contributed by atoms with Crippen molar-refractivity contribution in [3.05, 3.63) is 35.9 Å². The van der Waals surface area contributed by atoms with Gasteiger partial charge in [0.2, 0.25) is 5.91 Å². The van der Waals surface area contributed by atoms with Gasteiger partial charge in [0, 0.05) is 18.4 Å². The number of hydrogen-bond donors (Lipinski definition) is 2. The summed E-state index contributed by atoms with van der Waals surface area (Å²) in [6.07, 6.45) is 36.2. The van der Waals surface area contributed by atoms with Crippen molar-refractivity contribution >= 4 is 29.7 Å². The highest BCUT2D eigenvalue weighted by Gasteiger charge is 2.24. The van der Waals surface area contributed by atoms with Gasteiger partial charge in [-0.25, -0.2) is 4.57 Å². The highest BCUT2D eigenvalue weighted by atomic mass is 79.9. The van der Waals surface area contributed by atoms with Crippen LogP contribution < -0.4 is 5.32 Å². The summed E-state index contributed by atoms with van der Waals surface area (Å²) < 4.78 is 28.2. The van der Waals surface area contributed by atoms with E-state index in [-0.39, 0.29) is 25.7 Å². The summed E-state index contributed by atoms with van der Waals surface area (Å²) in [7, 11) is -4.18. The third kappa shape index (κ3) is 33.8. The number of phosphoric acid groups is 1. The third-order valence-electron chi connectivity index (χ3n) is 9.81. The Bertz CT molecular complexity index is 955. The van der Waals surface area contributed by atoms with E-state index in [2.05, 4.69) is 58.5 Å². The van der Waals surface area contributed by atoms with Crippen LogP contribution in [0.5, 0.6) is 0 Å². The van der Waals surface area contributed by atoms with Gasteiger partial charge in [0.05, 0.1) is 25.9 Å². The summed E-state index contributed by atoms with van der Waals surface area (Å²) in [6, 6.07) is 10.3. The molecule has 0 radical (unpaired) electrons. The zero-order valence-corrected chi connectivity index (χ0v) is 35.8. The number of benzene rings is 1. The summed E-state index contributed by atoms with van der Waals surface area (Å²) in [5.41, 5.74) is 1.47. The van der Waals surface area contributed by atoms with Crippen LogP contribution in [0.1, 0.15) is 192 Å². The van der Waals surface area contributed by atoms with Crippen LogP contribution >= 0.6 is 23.8 Å². The molecule has 0 saturated heterocycles. The summed E-state index contributed by atoms with van der Waals surface area (Å²) in [6.45, 7) is 3.05. The Hall–Kier alpha value is -0.760. The molecule has 1 rings (SSSR count). The van der Waals surface area contributed by atoms with E-state index in [1.807, 2.05) is 0 Å². The minimum Gasteiger partial charge on any atom is -0.379 e. The molecule has 0 aliphatic carbocycles. The fraction of sp³-hybridized carbons (Fsp3) is 0.837. The number of nitrogens with one attached hydrogen (secondary N) is 1. The lowest BCUT2D eigenvalue weighted by Gasteiger charge is -2.20. The predicted octanol–water partition coefficient (Wildman–Crippen LogP) is 13.2. The SMILES string of the molecule is CCCCCCCCCCCCCCCC(=O)N[C@H](COCCCCCCCCCCCCCCCCc1ccccc1)COP(=O)(O)OCCBr. The van der Waals surface area contributed by atoms with Gasteiger partial charge >= 0.3 is 7.82 Å². The van der Waals surface area contributed by atoms with Crippen molar-refractivity contribution in [2.75, 3.05) is 31.8 Å². The first-order valence-corrected chi connectivity index (χ1v) is 24.2. The molecule has 0 spiro atoms. The normalized spacial score (nSPS) is 13.3. The van der Waals surface area contributed by atoms with Crippen LogP contribution in [-0.4, -0.2) is 48.6 Å². The molecule has 9 heteroatoms. The molecular formula is C43H79BrNO6P. The minimum atomic E-state index is -4.18. The molecule has 1 unspecified atom stereocenters. The Labute approximate surface area is 328 Å². The lowest BCUT2D eigenvalue weighted by atomic mass is 10.0. The van der Waals surface area contributed by atoms with E-state index in [0.29, 0.717) is 18.4 Å². The second-order valence-corrected chi connectivity index (χ2v) is 17.1. The lowest BCUT2D eigenvalue weighted by molar-refractivity contribution is -0.122. The van der Waals surface area contributed by atoms with Gasteiger partial charge in [-0.05, 0) is 31.2 Å². The molecule has 0 aliphatic heterocycles. The molecule has 0 bridgehead atoms. The van der Waals surface area contributed by atoms with Crippen LogP contribution in [0, 0.1) is 0 Å². The molecular weight excluding hydrogens is 737 g/mol. The number of aryl methyl sites for hydroxylation is 1. The molecule has 1 aromatic carbocycles. The Morgan fingerprint density at radius 3 is 1.60 bits per heavy atom. The Morgan fingerprint density at radius 1 is 0.635 bits per heavy atom. The van der Waals surface area contributed by atoms with Gasteiger partial charge < -0.3 is 14.9 Å². The topological polar surface area (TPSA) is 94.1 Å². The molecule has 1 amide bonds. The molecule has 52 heavy (non-hydrogen) atoms. The maximum absolute atomic E-state index is 12.7. The summed E-state index contributed by atoms with van der Waals surface area (Å²) in [5.74, 6) is -0.0658. The number of amides is 1. The molecule has 1 aromatic rings. The van der Waals surface area contributed by atoms with Crippen molar-refractivity contribution in [3.8, 4) is 0 Å². The van der Waals surface area contributed by atoms with Crippen molar-refractivity contribution in [1.29, 1.82) is 0 Å². The van der Waals surface area contributed by atoms with Crippen molar-refractivity contribution in [1.82, 2.24) is 5.32 Å². The maximum Gasteiger partial charge on any atom is 0.472 e. The van der Waals surface area contributed by atoms with Crippen molar-refractivity contribution < 1.29 is 28.0 Å². The van der Waals surface area contributed by atoms with Crippen LogP contribution in [0.25, 0.3) is 0 Å². The number of hydrogen-bond acceptors (Lipinski definition) is 5. The number of carbonyl (C=O) groups excluding carboxylic acids is 1. The highest BCUT2D eigenvalue weighted by molar-refractivity contribution is 9.09. The van der Waals surface area contributed by atoms with E-state index in [4.69, 9.17) is 13.8 Å². The number of unbranched alkanes of at least 4 members (excludes halogenated alkanes) is 25. The molecule has 0 aliphatic rings. The van der Waals surface area contributed by atoms with Crippen LogP contribution in [0.4, 0.5) is 0 Å². The van der Waals surface area contributed by atoms with Gasteiger partial charge in [0.1, 0.15) is 0 Å². The second-order valence-electron chi connectivity index (χ2n) is 14.8. The van der Waals surface area contributed by atoms with E-state index in [9.17, 15) is 14.3 Å². The largest absolute Gasteiger partial charge is 0.472 e. The molecule has 7 nitrogen and oxygen atoms in total. The average Bonchev–Trinajstić information content (AvgIpc) is 3.14. The number of ether oxygens (including phenoxy) is 1. The molecule has 2 N–H and O–H groups in total. The Kier molecular flexibility index (Phi) is 35.2. The molecule has 0 saturated carbocycles. The van der Waals surface area contributed by atoms with Crippen molar-refractivity contribution in [2.24, 2.45) is 0 Å². The average molecular weight is 817 g/mol. The van der Waals surface area contributed by atoms with Gasteiger partial charge in [-0.15, -0.1) is 0 Å². The van der Waals surface area contributed by atoms with Gasteiger partial charge in [0.25, 0.3) is 0 Å². The Morgan fingerprint density at radius 2 is 1.10 bits per heavy atom.